The first-order valence-corrected chi connectivity index (χ1v) is 9.48. The van der Waals surface area contributed by atoms with Gasteiger partial charge in [-0.1, -0.05) is 24.3 Å². The van der Waals surface area contributed by atoms with Gasteiger partial charge in [0.05, 0.1) is 7.11 Å². The molecule has 26 heavy (non-hydrogen) atoms. The van der Waals surface area contributed by atoms with Crippen LogP contribution in [-0.2, 0) is 11.2 Å². The first-order valence-electron chi connectivity index (χ1n) is 9.48. The molecule has 1 atom stereocenters. The van der Waals surface area contributed by atoms with E-state index in [4.69, 9.17) is 4.74 Å². The van der Waals surface area contributed by atoms with Crippen molar-refractivity contribution < 1.29 is 9.53 Å². The maximum atomic E-state index is 12.3. The number of benzene rings is 2. The molecule has 0 radical (unpaired) electrons. The molecule has 0 heterocycles. The van der Waals surface area contributed by atoms with Crippen LogP contribution in [0.25, 0.3) is 0 Å². The van der Waals surface area contributed by atoms with Crippen LogP contribution in [0.1, 0.15) is 42.7 Å². The summed E-state index contributed by atoms with van der Waals surface area (Å²) in [5.74, 6) is 1.38. The average Bonchev–Trinajstić information content (AvgIpc) is 2.68. The third-order valence-electron chi connectivity index (χ3n) is 5.00. The van der Waals surface area contributed by atoms with Crippen molar-refractivity contribution >= 4 is 11.6 Å². The molecule has 2 aromatic rings. The Bertz CT molecular complexity index is 715. The van der Waals surface area contributed by atoms with Crippen LogP contribution in [0.3, 0.4) is 0 Å². The number of fused-ring (bicyclic) bond motifs is 1. The highest BCUT2D eigenvalue weighted by atomic mass is 16.5. The lowest BCUT2D eigenvalue weighted by molar-refractivity contribution is -0.121. The van der Waals surface area contributed by atoms with Crippen LogP contribution in [0.5, 0.6) is 5.75 Å². The molecule has 4 heteroatoms. The summed E-state index contributed by atoms with van der Waals surface area (Å²) in [6.07, 6.45) is 4.79. The zero-order chi connectivity index (χ0) is 18.2. The summed E-state index contributed by atoms with van der Waals surface area (Å²) in [6.45, 7) is 1.57. The fourth-order valence-electron chi connectivity index (χ4n) is 3.63. The lowest BCUT2D eigenvalue weighted by Gasteiger charge is -2.25. The predicted octanol–water partition coefficient (Wildman–Crippen LogP) is 4.12. The lowest BCUT2D eigenvalue weighted by atomic mass is 9.81. The molecule has 2 aromatic carbocycles. The number of methoxy groups -OCH3 is 1. The van der Waals surface area contributed by atoms with E-state index in [1.54, 1.807) is 7.11 Å². The highest BCUT2D eigenvalue weighted by Crippen LogP contribution is 2.35. The zero-order valence-corrected chi connectivity index (χ0v) is 15.5. The molecule has 1 amide bonds. The van der Waals surface area contributed by atoms with E-state index in [1.807, 2.05) is 36.4 Å². The smallest absolute Gasteiger partial charge is 0.220 e. The number of carbonyl (C=O) groups excluding carboxylic acids is 1. The molecular weight excluding hydrogens is 324 g/mol. The van der Waals surface area contributed by atoms with E-state index in [2.05, 4.69) is 22.8 Å². The molecule has 0 fully saturated rings. The summed E-state index contributed by atoms with van der Waals surface area (Å²) in [4.78, 5) is 12.3. The van der Waals surface area contributed by atoms with Crippen LogP contribution >= 0.6 is 0 Å². The summed E-state index contributed by atoms with van der Waals surface area (Å²) in [5.41, 5.74) is 3.77. The van der Waals surface area contributed by atoms with Gasteiger partial charge in [0.1, 0.15) is 5.75 Å². The van der Waals surface area contributed by atoms with Crippen molar-refractivity contribution in [2.24, 2.45) is 0 Å². The number of hydrogen-bond acceptors (Lipinski definition) is 3. The third kappa shape index (κ3) is 5.01. The second kappa shape index (κ2) is 9.27. The Kier molecular flexibility index (Phi) is 6.53. The molecule has 0 bridgehead atoms. The maximum Gasteiger partial charge on any atom is 0.220 e. The number of rotatable bonds is 8. The Morgan fingerprint density at radius 3 is 2.81 bits per heavy atom. The normalized spacial score (nSPS) is 15.8. The minimum Gasteiger partial charge on any atom is -0.497 e. The van der Waals surface area contributed by atoms with Gasteiger partial charge in [-0.15, -0.1) is 0 Å². The second-order valence-electron chi connectivity index (χ2n) is 6.85. The summed E-state index contributed by atoms with van der Waals surface area (Å²) in [6, 6.07) is 16.4. The minimum atomic E-state index is 0.151. The Labute approximate surface area is 156 Å². The van der Waals surface area contributed by atoms with E-state index in [-0.39, 0.29) is 5.91 Å². The average molecular weight is 352 g/mol. The van der Waals surface area contributed by atoms with E-state index in [0.717, 1.165) is 43.7 Å². The van der Waals surface area contributed by atoms with Crippen molar-refractivity contribution in [3.05, 3.63) is 59.7 Å². The molecule has 2 N–H and O–H groups in total. The Balaban J connectivity index is 1.41. The van der Waals surface area contributed by atoms with Crippen molar-refractivity contribution in [3.63, 3.8) is 0 Å². The van der Waals surface area contributed by atoms with Gasteiger partial charge in [0.2, 0.25) is 5.91 Å². The summed E-state index contributed by atoms with van der Waals surface area (Å²) in [5, 5.41) is 6.43. The summed E-state index contributed by atoms with van der Waals surface area (Å²) >= 11 is 0. The highest BCUT2D eigenvalue weighted by molar-refractivity contribution is 5.77. The highest BCUT2D eigenvalue weighted by Gasteiger charge is 2.22. The number of carbonyl (C=O) groups is 1. The summed E-state index contributed by atoms with van der Waals surface area (Å²) in [7, 11) is 1.70. The fraction of sp³-hybridized carbons (Fsp3) is 0.409. The van der Waals surface area contributed by atoms with E-state index < -0.39 is 0 Å². The molecule has 3 rings (SSSR count). The Hall–Kier alpha value is -2.49. The molecule has 0 saturated heterocycles. The monoisotopic (exact) mass is 352 g/mol. The Morgan fingerprint density at radius 1 is 1.15 bits per heavy atom. The molecule has 138 valence electrons. The minimum absolute atomic E-state index is 0.151. The van der Waals surface area contributed by atoms with Crippen LogP contribution in [0.4, 0.5) is 5.69 Å². The molecule has 0 saturated carbocycles. The van der Waals surface area contributed by atoms with Gasteiger partial charge in [-0.3, -0.25) is 4.79 Å². The number of aryl methyl sites for hydroxylation is 1. The molecule has 0 aromatic heterocycles. The van der Waals surface area contributed by atoms with E-state index in [1.165, 1.54) is 11.1 Å². The van der Waals surface area contributed by atoms with Gasteiger partial charge in [0.15, 0.2) is 0 Å². The number of hydrogen-bond donors (Lipinski definition) is 2. The second-order valence-corrected chi connectivity index (χ2v) is 6.85. The standard InChI is InChI=1S/C22H28N2O2/c1-26-20-11-12-21-17(15-20)7-5-8-18(21)16-22(25)24-14-6-13-23-19-9-3-2-4-10-19/h2-4,9-12,15,18,23H,5-8,13-14,16H2,1H3,(H,24,25). The Morgan fingerprint density at radius 2 is 2.00 bits per heavy atom. The number of para-hydroxylation sites is 1. The SMILES string of the molecule is COc1ccc2c(c1)CCCC2CC(=O)NCCCNc1ccccc1. The number of anilines is 1. The van der Waals surface area contributed by atoms with Crippen molar-refractivity contribution in [1.82, 2.24) is 5.32 Å². The largest absolute Gasteiger partial charge is 0.497 e. The summed E-state index contributed by atoms with van der Waals surface area (Å²) < 4.78 is 5.32. The molecule has 0 aliphatic heterocycles. The maximum absolute atomic E-state index is 12.3. The van der Waals surface area contributed by atoms with Gasteiger partial charge in [0, 0.05) is 25.2 Å². The van der Waals surface area contributed by atoms with Gasteiger partial charge in [-0.25, -0.2) is 0 Å². The van der Waals surface area contributed by atoms with Crippen molar-refractivity contribution in [2.45, 2.75) is 38.0 Å². The van der Waals surface area contributed by atoms with Crippen LogP contribution in [0.2, 0.25) is 0 Å². The topological polar surface area (TPSA) is 50.4 Å². The number of nitrogens with one attached hydrogen (secondary N) is 2. The van der Waals surface area contributed by atoms with Crippen molar-refractivity contribution in [2.75, 3.05) is 25.5 Å². The first kappa shape index (κ1) is 18.3. The zero-order valence-electron chi connectivity index (χ0n) is 15.5. The van der Waals surface area contributed by atoms with E-state index in [9.17, 15) is 4.79 Å². The predicted molar refractivity (Wildman–Crippen MR) is 106 cm³/mol. The van der Waals surface area contributed by atoms with Gasteiger partial charge in [-0.2, -0.15) is 0 Å². The molecule has 1 aliphatic carbocycles. The fourth-order valence-corrected chi connectivity index (χ4v) is 3.63. The number of ether oxygens (including phenoxy) is 1. The lowest BCUT2D eigenvalue weighted by Crippen LogP contribution is -2.28. The van der Waals surface area contributed by atoms with E-state index in [0.29, 0.717) is 18.9 Å². The van der Waals surface area contributed by atoms with Gasteiger partial charge in [0.25, 0.3) is 0 Å². The van der Waals surface area contributed by atoms with Crippen molar-refractivity contribution in [3.8, 4) is 5.75 Å². The van der Waals surface area contributed by atoms with Crippen LogP contribution in [0, 0.1) is 0 Å². The molecular formula is C22H28N2O2. The van der Waals surface area contributed by atoms with E-state index >= 15 is 0 Å². The molecule has 1 aliphatic rings. The number of amides is 1. The molecule has 0 spiro atoms. The van der Waals surface area contributed by atoms with Crippen LogP contribution in [-0.4, -0.2) is 26.1 Å². The molecule has 1 unspecified atom stereocenters. The molecule has 4 nitrogen and oxygen atoms in total. The van der Waals surface area contributed by atoms with Crippen LogP contribution in [0.15, 0.2) is 48.5 Å². The van der Waals surface area contributed by atoms with Gasteiger partial charge < -0.3 is 15.4 Å². The third-order valence-corrected chi connectivity index (χ3v) is 5.00. The first-order chi connectivity index (χ1) is 12.8. The van der Waals surface area contributed by atoms with Gasteiger partial charge >= 0.3 is 0 Å². The van der Waals surface area contributed by atoms with Crippen molar-refractivity contribution in [1.29, 1.82) is 0 Å². The van der Waals surface area contributed by atoms with Gasteiger partial charge in [-0.05, 0) is 67.0 Å². The van der Waals surface area contributed by atoms with Crippen LogP contribution < -0.4 is 15.4 Å². The quantitative estimate of drug-likeness (QED) is 0.703.